The molecule has 0 aromatic heterocycles. The quantitative estimate of drug-likeness (QED) is 0.0784. The second-order valence-electron chi connectivity index (χ2n) is 8.85. The van der Waals surface area contributed by atoms with Gasteiger partial charge in [0.05, 0.1) is 6.04 Å². The molecule has 192 valence electrons. The number of benzene rings is 1. The van der Waals surface area contributed by atoms with Crippen molar-refractivity contribution in [2.75, 3.05) is 11.5 Å². The summed E-state index contributed by atoms with van der Waals surface area (Å²) in [6.07, 6.45) is 13.4. The normalized spacial score (nSPS) is 13.3. The largest absolute Gasteiger partial charge is 0.384 e. The molecule has 0 bridgehead atoms. The van der Waals surface area contributed by atoms with E-state index in [1.165, 1.54) is 11.1 Å². The summed E-state index contributed by atoms with van der Waals surface area (Å²) >= 11 is 1.85. The average molecular weight is 497 g/mol. The van der Waals surface area contributed by atoms with E-state index in [1.807, 2.05) is 42.1 Å². The van der Waals surface area contributed by atoms with E-state index in [4.69, 9.17) is 0 Å². The van der Waals surface area contributed by atoms with Crippen LogP contribution >= 0.6 is 11.8 Å². The predicted octanol–water partition coefficient (Wildman–Crippen LogP) is 6.29. The summed E-state index contributed by atoms with van der Waals surface area (Å²) in [4.78, 5) is 11.1. The number of rotatable bonds is 19. The van der Waals surface area contributed by atoms with Crippen LogP contribution in [0, 0.1) is 0 Å². The second-order valence-corrected chi connectivity index (χ2v) is 9.92. The summed E-state index contributed by atoms with van der Waals surface area (Å²) in [7, 11) is 0. The smallest absolute Gasteiger partial charge is 0.207 e. The van der Waals surface area contributed by atoms with Crippen LogP contribution in [0.4, 0.5) is 0 Å². The van der Waals surface area contributed by atoms with Crippen LogP contribution in [0.1, 0.15) is 65.0 Å². The minimum atomic E-state index is -0.250. The van der Waals surface area contributed by atoms with Gasteiger partial charge in [-0.2, -0.15) is 11.8 Å². The lowest BCUT2D eigenvalue weighted by Gasteiger charge is -2.24. The SMILES string of the molecule is C=CNN/C(=C\CSCC(C)NC(=C)C(NC=O)c1ccccc1)CC/C=C(\C)CCC=C(C)C. The monoisotopic (exact) mass is 496 g/mol. The van der Waals surface area contributed by atoms with Crippen LogP contribution in [0.5, 0.6) is 0 Å². The van der Waals surface area contributed by atoms with Gasteiger partial charge >= 0.3 is 0 Å². The fourth-order valence-corrected chi connectivity index (χ4v) is 4.37. The van der Waals surface area contributed by atoms with Crippen LogP contribution in [0.2, 0.25) is 0 Å². The first-order valence-corrected chi connectivity index (χ1v) is 13.4. The van der Waals surface area contributed by atoms with Crippen molar-refractivity contribution in [2.45, 2.75) is 65.5 Å². The third-order valence-electron chi connectivity index (χ3n) is 5.30. The number of hydrazine groups is 1. The lowest BCUT2D eigenvalue weighted by molar-refractivity contribution is -0.110. The van der Waals surface area contributed by atoms with E-state index in [1.54, 1.807) is 6.20 Å². The van der Waals surface area contributed by atoms with Crippen molar-refractivity contribution in [2.24, 2.45) is 0 Å². The van der Waals surface area contributed by atoms with Gasteiger partial charge in [-0.25, -0.2) is 0 Å². The minimum Gasteiger partial charge on any atom is -0.384 e. The highest BCUT2D eigenvalue weighted by atomic mass is 32.2. The van der Waals surface area contributed by atoms with Gasteiger partial charge in [-0.3, -0.25) is 4.79 Å². The summed E-state index contributed by atoms with van der Waals surface area (Å²) in [6, 6.07) is 9.83. The van der Waals surface area contributed by atoms with Gasteiger partial charge in [0.15, 0.2) is 0 Å². The van der Waals surface area contributed by atoms with E-state index >= 15 is 0 Å². The first kappa shape index (κ1) is 30.2. The number of thioether (sulfide) groups is 1. The molecular formula is C29H44N4OS. The number of nitrogens with one attached hydrogen (secondary N) is 4. The molecule has 0 radical (unpaired) electrons. The Balaban J connectivity index is 2.50. The van der Waals surface area contributed by atoms with Gasteiger partial charge in [0.2, 0.25) is 6.41 Å². The molecule has 2 unspecified atom stereocenters. The Morgan fingerprint density at radius 2 is 1.77 bits per heavy atom. The summed E-state index contributed by atoms with van der Waals surface area (Å²) in [5.74, 6) is 1.82. The standard InChI is InChI=1S/C29H44N4OS/c1-7-31-33-28(18-12-15-24(4)14-11-13-23(2)3)19-20-35-21-25(5)32-26(6)29(30-22-34)27-16-9-8-10-17-27/h7-10,13,15-17,19,22,25,29,31-33H,1,6,11-12,14,18,20-21H2,2-5H3,(H,30,34)/b24-15+,28-19-. The van der Waals surface area contributed by atoms with E-state index in [0.717, 1.165) is 60.6 Å². The van der Waals surface area contributed by atoms with E-state index in [-0.39, 0.29) is 12.1 Å². The highest BCUT2D eigenvalue weighted by molar-refractivity contribution is 7.99. The Hall–Kier alpha value is -2.86. The number of amides is 1. The molecule has 0 aliphatic heterocycles. The lowest BCUT2D eigenvalue weighted by Crippen LogP contribution is -2.34. The van der Waals surface area contributed by atoms with Crippen molar-refractivity contribution in [3.8, 4) is 0 Å². The number of carbonyl (C=O) groups excluding carboxylic acids is 1. The zero-order valence-corrected chi connectivity index (χ0v) is 22.7. The molecule has 5 nitrogen and oxygen atoms in total. The maximum Gasteiger partial charge on any atom is 0.207 e. The Kier molecular flexibility index (Phi) is 15.9. The van der Waals surface area contributed by atoms with Crippen LogP contribution in [-0.2, 0) is 4.79 Å². The molecule has 1 rings (SSSR count). The second kappa shape index (κ2) is 18.5. The lowest BCUT2D eigenvalue weighted by atomic mass is 10.0. The molecule has 35 heavy (non-hydrogen) atoms. The van der Waals surface area contributed by atoms with Crippen LogP contribution in [0.3, 0.4) is 0 Å². The van der Waals surface area contributed by atoms with Crippen molar-refractivity contribution in [3.05, 3.63) is 96.0 Å². The first-order chi connectivity index (χ1) is 16.9. The summed E-state index contributed by atoms with van der Waals surface area (Å²) in [5.41, 5.74) is 12.0. The molecule has 0 fully saturated rings. The number of hydrogen-bond donors (Lipinski definition) is 4. The highest BCUT2D eigenvalue weighted by Gasteiger charge is 2.15. The number of allylic oxidation sites excluding steroid dienone is 5. The maximum atomic E-state index is 11.1. The molecule has 1 amide bonds. The van der Waals surface area contributed by atoms with Gasteiger partial charge in [0, 0.05) is 35.1 Å². The molecule has 0 aliphatic carbocycles. The topological polar surface area (TPSA) is 65.2 Å². The fraction of sp³-hybridized carbons (Fsp3) is 0.414. The van der Waals surface area contributed by atoms with Crippen molar-refractivity contribution in [3.63, 3.8) is 0 Å². The maximum absolute atomic E-state index is 11.1. The average Bonchev–Trinajstić information content (AvgIpc) is 2.83. The van der Waals surface area contributed by atoms with Gasteiger partial charge < -0.3 is 21.5 Å². The van der Waals surface area contributed by atoms with Gasteiger partial charge in [-0.1, -0.05) is 72.9 Å². The van der Waals surface area contributed by atoms with E-state index in [9.17, 15) is 4.79 Å². The van der Waals surface area contributed by atoms with Crippen molar-refractivity contribution >= 4 is 18.2 Å². The van der Waals surface area contributed by atoms with Gasteiger partial charge in [-0.05, 0) is 58.9 Å². The van der Waals surface area contributed by atoms with Gasteiger partial charge in [0.1, 0.15) is 0 Å². The van der Waals surface area contributed by atoms with Crippen molar-refractivity contribution in [1.82, 2.24) is 21.5 Å². The Labute approximate surface area is 217 Å². The van der Waals surface area contributed by atoms with Gasteiger partial charge in [0.25, 0.3) is 0 Å². The van der Waals surface area contributed by atoms with Crippen molar-refractivity contribution < 1.29 is 4.79 Å². The van der Waals surface area contributed by atoms with E-state index < -0.39 is 0 Å². The van der Waals surface area contributed by atoms with Crippen molar-refractivity contribution in [1.29, 1.82) is 0 Å². The Bertz CT molecular complexity index is 857. The van der Waals surface area contributed by atoms with Gasteiger partial charge in [-0.15, -0.1) is 0 Å². The molecule has 0 heterocycles. The highest BCUT2D eigenvalue weighted by Crippen LogP contribution is 2.19. The van der Waals surface area contributed by atoms with Crippen LogP contribution in [0.25, 0.3) is 0 Å². The summed E-state index contributed by atoms with van der Waals surface area (Å²) < 4.78 is 0. The predicted molar refractivity (Wildman–Crippen MR) is 154 cm³/mol. The minimum absolute atomic E-state index is 0.217. The third-order valence-corrected chi connectivity index (χ3v) is 6.43. The molecule has 0 saturated heterocycles. The fourth-order valence-electron chi connectivity index (χ4n) is 3.48. The Morgan fingerprint density at radius 3 is 2.43 bits per heavy atom. The molecule has 2 atom stereocenters. The molecule has 1 aromatic carbocycles. The molecule has 0 saturated carbocycles. The number of carbonyl (C=O) groups is 1. The zero-order valence-electron chi connectivity index (χ0n) is 21.9. The van der Waals surface area contributed by atoms with Crippen LogP contribution in [0.15, 0.2) is 90.5 Å². The molecule has 0 aliphatic rings. The van der Waals surface area contributed by atoms with E-state index in [2.05, 4.69) is 80.6 Å². The van der Waals surface area contributed by atoms with E-state index in [0.29, 0.717) is 0 Å². The zero-order chi connectivity index (χ0) is 25.9. The molecule has 0 spiro atoms. The summed E-state index contributed by atoms with van der Waals surface area (Å²) in [5, 5.41) is 6.31. The Morgan fingerprint density at radius 1 is 1.06 bits per heavy atom. The van der Waals surface area contributed by atoms with Crippen LogP contribution in [-0.4, -0.2) is 24.0 Å². The van der Waals surface area contributed by atoms with Crippen LogP contribution < -0.4 is 21.5 Å². The molecule has 6 heteroatoms. The number of hydrogen-bond acceptors (Lipinski definition) is 5. The molecule has 1 aromatic rings. The third kappa shape index (κ3) is 14.2. The molecular weight excluding hydrogens is 452 g/mol. The summed E-state index contributed by atoms with van der Waals surface area (Å²) in [6.45, 7) is 16.5. The first-order valence-electron chi connectivity index (χ1n) is 12.3. The molecule has 4 N–H and O–H groups in total.